The molecule has 3 N–H and O–H groups in total. The van der Waals surface area contributed by atoms with Crippen molar-refractivity contribution in [1.82, 2.24) is 15.0 Å². The van der Waals surface area contributed by atoms with Crippen LogP contribution in [0.3, 0.4) is 0 Å². The molecule has 0 fully saturated rings. The highest BCUT2D eigenvalue weighted by molar-refractivity contribution is 5.64. The monoisotopic (exact) mass is 321 g/mol. The lowest BCUT2D eigenvalue weighted by Crippen LogP contribution is -2.05. The molecule has 24 heavy (non-hydrogen) atoms. The summed E-state index contributed by atoms with van der Waals surface area (Å²) < 4.78 is 0. The van der Waals surface area contributed by atoms with Gasteiger partial charge in [0.2, 0.25) is 5.95 Å². The third-order valence-corrected chi connectivity index (χ3v) is 3.38. The van der Waals surface area contributed by atoms with Crippen molar-refractivity contribution < 1.29 is 5.11 Å². The first kappa shape index (κ1) is 15.9. The molecule has 0 atom stereocenters. The Morgan fingerprint density at radius 1 is 0.958 bits per heavy atom. The number of para-hydroxylation sites is 1. The van der Waals surface area contributed by atoms with Gasteiger partial charge in [-0.15, -0.1) is 0 Å². The molecular formula is C18H19N5O. The lowest BCUT2D eigenvalue weighted by Gasteiger charge is -2.08. The van der Waals surface area contributed by atoms with Crippen LogP contribution in [0, 0.1) is 0 Å². The zero-order chi connectivity index (χ0) is 16.6. The lowest BCUT2D eigenvalue weighted by molar-refractivity contribution is 0.292. The van der Waals surface area contributed by atoms with Crippen LogP contribution in [0.25, 0.3) is 11.3 Å². The van der Waals surface area contributed by atoms with Crippen LogP contribution in [0.1, 0.15) is 6.42 Å². The molecule has 6 heteroatoms. The maximum atomic E-state index is 8.84. The first-order valence-corrected chi connectivity index (χ1v) is 7.81. The Morgan fingerprint density at radius 2 is 1.79 bits per heavy atom. The largest absolute Gasteiger partial charge is 0.396 e. The van der Waals surface area contributed by atoms with Gasteiger partial charge in [-0.05, 0) is 36.8 Å². The van der Waals surface area contributed by atoms with Crippen LogP contribution in [0.15, 0.2) is 60.9 Å². The SMILES string of the molecule is OCCCNc1cc(-c2ccnc(Nc3ccccc3)n2)ccn1. The summed E-state index contributed by atoms with van der Waals surface area (Å²) in [6.45, 7) is 0.838. The molecule has 0 radical (unpaired) electrons. The van der Waals surface area contributed by atoms with E-state index in [-0.39, 0.29) is 6.61 Å². The Kier molecular flexibility index (Phi) is 5.32. The number of nitrogens with zero attached hydrogens (tertiary/aromatic N) is 3. The Bertz CT molecular complexity index is 779. The van der Waals surface area contributed by atoms with Gasteiger partial charge in [0.1, 0.15) is 5.82 Å². The maximum absolute atomic E-state index is 8.84. The van der Waals surface area contributed by atoms with E-state index in [9.17, 15) is 0 Å². The second-order valence-corrected chi connectivity index (χ2v) is 5.19. The van der Waals surface area contributed by atoms with Gasteiger partial charge in [0.05, 0.1) is 5.69 Å². The van der Waals surface area contributed by atoms with Gasteiger partial charge < -0.3 is 15.7 Å². The summed E-state index contributed by atoms with van der Waals surface area (Å²) in [7, 11) is 0. The zero-order valence-corrected chi connectivity index (χ0v) is 13.2. The quantitative estimate of drug-likeness (QED) is 0.580. The molecular weight excluding hydrogens is 302 g/mol. The van der Waals surface area contributed by atoms with Gasteiger partial charge in [0, 0.05) is 36.8 Å². The molecule has 0 bridgehead atoms. The molecule has 0 amide bonds. The Balaban J connectivity index is 1.77. The van der Waals surface area contributed by atoms with Gasteiger partial charge >= 0.3 is 0 Å². The van der Waals surface area contributed by atoms with E-state index in [2.05, 4.69) is 25.6 Å². The zero-order valence-electron chi connectivity index (χ0n) is 13.2. The lowest BCUT2D eigenvalue weighted by atomic mass is 10.2. The van der Waals surface area contributed by atoms with Crippen molar-refractivity contribution in [3.8, 4) is 11.3 Å². The number of hydrogen-bond donors (Lipinski definition) is 3. The van der Waals surface area contributed by atoms with Crippen molar-refractivity contribution in [2.24, 2.45) is 0 Å². The second-order valence-electron chi connectivity index (χ2n) is 5.19. The number of rotatable bonds is 7. The molecule has 3 rings (SSSR count). The topological polar surface area (TPSA) is 83.0 Å². The van der Waals surface area contributed by atoms with Crippen LogP contribution >= 0.6 is 0 Å². The average Bonchev–Trinajstić information content (AvgIpc) is 2.63. The van der Waals surface area contributed by atoms with Gasteiger partial charge in [-0.25, -0.2) is 15.0 Å². The number of benzene rings is 1. The van der Waals surface area contributed by atoms with E-state index in [1.165, 1.54) is 0 Å². The summed E-state index contributed by atoms with van der Waals surface area (Å²) in [6, 6.07) is 15.5. The van der Waals surface area contributed by atoms with E-state index in [1.807, 2.05) is 48.5 Å². The summed E-state index contributed by atoms with van der Waals surface area (Å²) in [5.74, 6) is 1.31. The molecule has 0 spiro atoms. The molecule has 0 aliphatic heterocycles. The molecule has 0 saturated carbocycles. The van der Waals surface area contributed by atoms with E-state index in [1.54, 1.807) is 12.4 Å². The standard InChI is InChI=1S/C18H19N5O/c24-12-4-9-19-17-13-14(7-10-20-17)16-8-11-21-18(23-16)22-15-5-2-1-3-6-15/h1-3,5-8,10-11,13,24H,4,9,12H2,(H,19,20)(H,21,22,23). The van der Waals surface area contributed by atoms with E-state index in [0.29, 0.717) is 18.9 Å². The molecule has 3 aromatic rings. The summed E-state index contributed by atoms with van der Waals surface area (Å²) in [5, 5.41) is 15.2. The molecule has 0 unspecified atom stereocenters. The van der Waals surface area contributed by atoms with Crippen molar-refractivity contribution in [2.75, 3.05) is 23.8 Å². The minimum atomic E-state index is 0.160. The van der Waals surface area contributed by atoms with Crippen LogP contribution in [0.2, 0.25) is 0 Å². The predicted octanol–water partition coefficient (Wildman–Crippen LogP) is 3.08. The van der Waals surface area contributed by atoms with Gasteiger partial charge in [-0.1, -0.05) is 18.2 Å². The number of aromatic nitrogens is 3. The second kappa shape index (κ2) is 8.03. The molecule has 1 aromatic carbocycles. The molecule has 2 aromatic heterocycles. The maximum Gasteiger partial charge on any atom is 0.227 e. The van der Waals surface area contributed by atoms with Crippen LogP contribution in [-0.2, 0) is 0 Å². The van der Waals surface area contributed by atoms with Crippen molar-refractivity contribution in [3.63, 3.8) is 0 Å². The average molecular weight is 321 g/mol. The predicted molar refractivity (Wildman–Crippen MR) is 95.2 cm³/mol. The Morgan fingerprint density at radius 3 is 2.62 bits per heavy atom. The number of aliphatic hydroxyl groups is 1. The molecule has 6 nitrogen and oxygen atoms in total. The van der Waals surface area contributed by atoms with E-state index >= 15 is 0 Å². The molecule has 0 aliphatic carbocycles. The molecule has 0 saturated heterocycles. The summed E-state index contributed by atoms with van der Waals surface area (Å²) in [5.41, 5.74) is 2.71. The summed E-state index contributed by atoms with van der Waals surface area (Å²) in [4.78, 5) is 13.1. The summed E-state index contributed by atoms with van der Waals surface area (Å²) in [6.07, 6.45) is 4.15. The fourth-order valence-corrected chi connectivity index (χ4v) is 2.21. The van der Waals surface area contributed by atoms with Crippen molar-refractivity contribution >= 4 is 17.5 Å². The Hall–Kier alpha value is -2.99. The van der Waals surface area contributed by atoms with Gasteiger partial charge in [0.25, 0.3) is 0 Å². The highest BCUT2D eigenvalue weighted by atomic mass is 16.3. The smallest absolute Gasteiger partial charge is 0.227 e. The van der Waals surface area contributed by atoms with Gasteiger partial charge in [0.15, 0.2) is 0 Å². The number of anilines is 3. The van der Waals surface area contributed by atoms with Crippen LogP contribution in [0.5, 0.6) is 0 Å². The van der Waals surface area contributed by atoms with E-state index in [4.69, 9.17) is 5.11 Å². The first-order chi connectivity index (χ1) is 11.8. The van der Waals surface area contributed by atoms with Gasteiger partial charge in [-0.3, -0.25) is 0 Å². The molecule has 122 valence electrons. The highest BCUT2D eigenvalue weighted by Gasteiger charge is 2.04. The van der Waals surface area contributed by atoms with Crippen LogP contribution in [-0.4, -0.2) is 33.2 Å². The van der Waals surface area contributed by atoms with E-state index < -0.39 is 0 Å². The van der Waals surface area contributed by atoms with Crippen molar-refractivity contribution in [1.29, 1.82) is 0 Å². The molecule has 2 heterocycles. The van der Waals surface area contributed by atoms with Crippen molar-refractivity contribution in [3.05, 3.63) is 60.9 Å². The van der Waals surface area contributed by atoms with Gasteiger partial charge in [-0.2, -0.15) is 0 Å². The highest BCUT2D eigenvalue weighted by Crippen LogP contribution is 2.21. The van der Waals surface area contributed by atoms with Crippen LogP contribution < -0.4 is 10.6 Å². The van der Waals surface area contributed by atoms with Crippen molar-refractivity contribution in [2.45, 2.75) is 6.42 Å². The summed E-state index contributed by atoms with van der Waals surface area (Å²) >= 11 is 0. The minimum Gasteiger partial charge on any atom is -0.396 e. The number of nitrogens with one attached hydrogen (secondary N) is 2. The first-order valence-electron chi connectivity index (χ1n) is 7.81. The van der Waals surface area contributed by atoms with Crippen LogP contribution in [0.4, 0.5) is 17.5 Å². The fraction of sp³-hybridized carbons (Fsp3) is 0.167. The minimum absolute atomic E-state index is 0.160. The number of hydrogen-bond acceptors (Lipinski definition) is 6. The third-order valence-electron chi connectivity index (χ3n) is 3.38. The fourth-order valence-electron chi connectivity index (χ4n) is 2.21. The normalized spacial score (nSPS) is 10.4. The number of aliphatic hydroxyl groups excluding tert-OH is 1. The number of pyridine rings is 1. The Labute approximate surface area is 140 Å². The third kappa shape index (κ3) is 4.27. The van der Waals surface area contributed by atoms with E-state index in [0.717, 1.165) is 22.8 Å². The molecule has 0 aliphatic rings.